The standard InChI is InChI=1S/C13H21N3O2/c1-9(2)7-16(8-13(15)17)12-5-4-10(18-3)6-11(12)14/h4-6,9H,7-8,14H2,1-3H3,(H2,15,17). The van der Waals surface area contributed by atoms with Crippen LogP contribution < -0.4 is 21.1 Å². The molecule has 0 aliphatic carbocycles. The number of ether oxygens (including phenoxy) is 1. The molecule has 1 aromatic rings. The smallest absolute Gasteiger partial charge is 0.236 e. The molecule has 0 fully saturated rings. The van der Waals surface area contributed by atoms with Crippen molar-refractivity contribution in [1.82, 2.24) is 0 Å². The van der Waals surface area contributed by atoms with Gasteiger partial charge in [0, 0.05) is 12.6 Å². The minimum absolute atomic E-state index is 0.161. The summed E-state index contributed by atoms with van der Waals surface area (Å²) in [5.74, 6) is 0.733. The quantitative estimate of drug-likeness (QED) is 0.745. The lowest BCUT2D eigenvalue weighted by Gasteiger charge is -2.26. The minimum atomic E-state index is -0.370. The number of primary amides is 1. The molecular formula is C13H21N3O2. The highest BCUT2D eigenvalue weighted by molar-refractivity contribution is 5.82. The third-order valence-electron chi connectivity index (χ3n) is 2.51. The summed E-state index contributed by atoms with van der Waals surface area (Å²) in [6.45, 7) is 5.04. The average Bonchev–Trinajstić information content (AvgIpc) is 2.26. The third-order valence-corrected chi connectivity index (χ3v) is 2.51. The van der Waals surface area contributed by atoms with Gasteiger partial charge in [-0.3, -0.25) is 4.79 Å². The maximum absolute atomic E-state index is 11.1. The monoisotopic (exact) mass is 251 g/mol. The summed E-state index contributed by atoms with van der Waals surface area (Å²) >= 11 is 0. The number of benzene rings is 1. The lowest BCUT2D eigenvalue weighted by Crippen LogP contribution is -2.36. The zero-order valence-electron chi connectivity index (χ0n) is 11.1. The Bertz CT molecular complexity index is 419. The number of hydrogen-bond acceptors (Lipinski definition) is 4. The first-order chi connectivity index (χ1) is 8.43. The summed E-state index contributed by atoms with van der Waals surface area (Å²) in [6.07, 6.45) is 0. The fraction of sp³-hybridized carbons (Fsp3) is 0.462. The lowest BCUT2D eigenvalue weighted by atomic mass is 10.1. The molecule has 0 aromatic heterocycles. The van der Waals surface area contributed by atoms with Crippen molar-refractivity contribution in [2.24, 2.45) is 11.7 Å². The van der Waals surface area contributed by atoms with Crippen LogP contribution in [-0.2, 0) is 4.79 Å². The molecule has 0 unspecified atom stereocenters. The molecule has 1 rings (SSSR count). The van der Waals surface area contributed by atoms with Gasteiger partial charge in [0.1, 0.15) is 5.75 Å². The number of hydrogen-bond donors (Lipinski definition) is 2. The molecule has 0 saturated heterocycles. The van der Waals surface area contributed by atoms with Crippen LogP contribution in [0.25, 0.3) is 0 Å². The van der Waals surface area contributed by atoms with Crippen molar-refractivity contribution < 1.29 is 9.53 Å². The van der Waals surface area contributed by atoms with Crippen molar-refractivity contribution in [2.45, 2.75) is 13.8 Å². The first-order valence-electron chi connectivity index (χ1n) is 5.90. The molecule has 100 valence electrons. The van der Waals surface area contributed by atoms with E-state index in [9.17, 15) is 4.79 Å². The van der Waals surface area contributed by atoms with Gasteiger partial charge in [-0.15, -0.1) is 0 Å². The number of nitrogen functional groups attached to an aromatic ring is 1. The van der Waals surface area contributed by atoms with E-state index in [2.05, 4.69) is 13.8 Å². The second-order valence-corrected chi connectivity index (χ2v) is 4.67. The lowest BCUT2D eigenvalue weighted by molar-refractivity contribution is -0.116. The van der Waals surface area contributed by atoms with Crippen molar-refractivity contribution in [2.75, 3.05) is 30.8 Å². The molecule has 0 aliphatic rings. The number of nitrogens with two attached hydrogens (primary N) is 2. The van der Waals surface area contributed by atoms with Gasteiger partial charge in [0.05, 0.1) is 25.0 Å². The van der Waals surface area contributed by atoms with E-state index in [0.29, 0.717) is 17.4 Å². The number of amides is 1. The Kier molecular flexibility index (Phi) is 4.83. The largest absolute Gasteiger partial charge is 0.497 e. The van der Waals surface area contributed by atoms with Crippen LogP contribution in [0.5, 0.6) is 5.75 Å². The van der Waals surface area contributed by atoms with Crippen molar-refractivity contribution in [3.63, 3.8) is 0 Å². The van der Waals surface area contributed by atoms with Crippen LogP contribution in [0.4, 0.5) is 11.4 Å². The molecule has 0 radical (unpaired) electrons. The molecule has 5 nitrogen and oxygen atoms in total. The van der Waals surface area contributed by atoms with Crippen LogP contribution in [0.2, 0.25) is 0 Å². The van der Waals surface area contributed by atoms with Gasteiger partial charge in [0.15, 0.2) is 0 Å². The fourth-order valence-corrected chi connectivity index (χ4v) is 1.82. The highest BCUT2D eigenvalue weighted by Crippen LogP contribution is 2.28. The summed E-state index contributed by atoms with van der Waals surface area (Å²) in [6, 6.07) is 5.41. The molecule has 4 N–H and O–H groups in total. The summed E-state index contributed by atoms with van der Waals surface area (Å²) < 4.78 is 5.10. The van der Waals surface area contributed by atoms with Gasteiger partial charge in [-0.2, -0.15) is 0 Å². The van der Waals surface area contributed by atoms with Crippen LogP contribution in [-0.4, -0.2) is 26.1 Å². The Morgan fingerprint density at radius 3 is 2.56 bits per heavy atom. The number of rotatable bonds is 6. The molecular weight excluding hydrogens is 230 g/mol. The van der Waals surface area contributed by atoms with Gasteiger partial charge in [-0.1, -0.05) is 13.8 Å². The molecule has 1 aromatic carbocycles. The fourth-order valence-electron chi connectivity index (χ4n) is 1.82. The molecule has 0 spiro atoms. The van der Waals surface area contributed by atoms with Crippen LogP contribution in [0.3, 0.4) is 0 Å². The average molecular weight is 251 g/mol. The van der Waals surface area contributed by atoms with E-state index in [1.54, 1.807) is 13.2 Å². The maximum Gasteiger partial charge on any atom is 0.236 e. The first kappa shape index (κ1) is 14.2. The van der Waals surface area contributed by atoms with Gasteiger partial charge in [0.2, 0.25) is 5.91 Å². The van der Waals surface area contributed by atoms with Gasteiger partial charge in [0.25, 0.3) is 0 Å². The summed E-state index contributed by atoms with van der Waals surface area (Å²) in [5, 5.41) is 0. The summed E-state index contributed by atoms with van der Waals surface area (Å²) in [7, 11) is 1.59. The number of anilines is 2. The Morgan fingerprint density at radius 1 is 1.44 bits per heavy atom. The molecule has 18 heavy (non-hydrogen) atoms. The molecule has 1 amide bonds. The molecule has 0 bridgehead atoms. The predicted octanol–water partition coefficient (Wildman–Crippen LogP) is 1.23. The molecule has 5 heteroatoms. The van der Waals surface area contributed by atoms with E-state index in [1.807, 2.05) is 17.0 Å². The van der Waals surface area contributed by atoms with E-state index in [1.165, 1.54) is 0 Å². The van der Waals surface area contributed by atoms with Crippen molar-refractivity contribution in [1.29, 1.82) is 0 Å². The van der Waals surface area contributed by atoms with E-state index in [0.717, 1.165) is 12.2 Å². The third kappa shape index (κ3) is 3.84. The van der Waals surface area contributed by atoms with Gasteiger partial charge >= 0.3 is 0 Å². The van der Waals surface area contributed by atoms with E-state index in [-0.39, 0.29) is 12.5 Å². The Morgan fingerprint density at radius 2 is 2.11 bits per heavy atom. The van der Waals surface area contributed by atoms with E-state index < -0.39 is 0 Å². The SMILES string of the molecule is COc1ccc(N(CC(N)=O)CC(C)C)c(N)c1. The molecule has 0 saturated carbocycles. The minimum Gasteiger partial charge on any atom is -0.497 e. The Labute approximate surface area is 108 Å². The van der Waals surface area contributed by atoms with Gasteiger partial charge in [-0.25, -0.2) is 0 Å². The van der Waals surface area contributed by atoms with Crippen molar-refractivity contribution >= 4 is 17.3 Å². The number of carbonyl (C=O) groups excluding carboxylic acids is 1. The van der Waals surface area contributed by atoms with Crippen molar-refractivity contribution in [3.05, 3.63) is 18.2 Å². The maximum atomic E-state index is 11.1. The number of carbonyl (C=O) groups is 1. The Balaban J connectivity index is 3.00. The zero-order valence-corrected chi connectivity index (χ0v) is 11.1. The van der Waals surface area contributed by atoms with Crippen LogP contribution in [0.1, 0.15) is 13.8 Å². The highest BCUT2D eigenvalue weighted by Gasteiger charge is 2.14. The van der Waals surface area contributed by atoms with E-state index >= 15 is 0 Å². The highest BCUT2D eigenvalue weighted by atomic mass is 16.5. The van der Waals surface area contributed by atoms with Crippen LogP contribution in [0.15, 0.2) is 18.2 Å². The van der Waals surface area contributed by atoms with Gasteiger partial charge in [-0.05, 0) is 18.1 Å². The summed E-state index contributed by atoms with van der Waals surface area (Å²) in [4.78, 5) is 13.0. The van der Waals surface area contributed by atoms with Crippen LogP contribution in [0, 0.1) is 5.92 Å². The normalized spacial score (nSPS) is 10.4. The van der Waals surface area contributed by atoms with Crippen LogP contribution >= 0.6 is 0 Å². The van der Waals surface area contributed by atoms with Crippen molar-refractivity contribution in [3.8, 4) is 5.75 Å². The van der Waals surface area contributed by atoms with E-state index in [4.69, 9.17) is 16.2 Å². The topological polar surface area (TPSA) is 81.6 Å². The predicted molar refractivity (Wildman–Crippen MR) is 73.7 cm³/mol. The summed E-state index contributed by atoms with van der Waals surface area (Å²) in [5.41, 5.74) is 12.6. The second kappa shape index (κ2) is 6.14. The first-order valence-corrected chi connectivity index (χ1v) is 5.90. The molecule has 0 heterocycles. The Hall–Kier alpha value is -1.91. The zero-order chi connectivity index (χ0) is 13.7. The van der Waals surface area contributed by atoms with Gasteiger partial charge < -0.3 is 21.1 Å². The number of nitrogens with zero attached hydrogens (tertiary/aromatic N) is 1. The molecule has 0 atom stereocenters. The second-order valence-electron chi connectivity index (χ2n) is 4.67. The number of methoxy groups -OCH3 is 1. The molecule has 0 aliphatic heterocycles.